The smallest absolute Gasteiger partial charge is 0.416 e. The van der Waals surface area contributed by atoms with Crippen LogP contribution in [0.1, 0.15) is 18.4 Å². The highest BCUT2D eigenvalue weighted by atomic mass is 35.5. The van der Waals surface area contributed by atoms with Crippen molar-refractivity contribution in [1.29, 1.82) is 4.78 Å². The maximum absolute atomic E-state index is 13.4. The fourth-order valence-corrected chi connectivity index (χ4v) is 5.49. The summed E-state index contributed by atoms with van der Waals surface area (Å²) in [6, 6.07) is 8.96. The van der Waals surface area contributed by atoms with Crippen LogP contribution in [0.3, 0.4) is 0 Å². The number of piperidine rings is 1. The largest absolute Gasteiger partial charge is 0.491 e. The molecule has 0 saturated carbocycles. The Kier molecular flexibility index (Phi) is 7.17. The molecule has 0 radical (unpaired) electrons. The van der Waals surface area contributed by atoms with Gasteiger partial charge in [-0.05, 0) is 56.3 Å². The van der Waals surface area contributed by atoms with Gasteiger partial charge in [0.15, 0.2) is 11.0 Å². The van der Waals surface area contributed by atoms with Crippen molar-refractivity contribution in [1.82, 2.24) is 4.90 Å². The van der Waals surface area contributed by atoms with E-state index in [2.05, 4.69) is 4.90 Å². The lowest BCUT2D eigenvalue weighted by Gasteiger charge is -2.31. The Morgan fingerprint density at radius 2 is 1.91 bits per heavy atom. The number of fused-ring (bicyclic) bond motifs is 1. The minimum absolute atomic E-state index is 0.0493. The van der Waals surface area contributed by atoms with Crippen molar-refractivity contribution in [2.45, 2.75) is 24.3 Å². The second-order valence-electron chi connectivity index (χ2n) is 8.59. The van der Waals surface area contributed by atoms with Crippen LogP contribution in [0.25, 0.3) is 22.3 Å². The molecule has 0 bridgehead atoms. The first-order chi connectivity index (χ1) is 16.4. The highest BCUT2D eigenvalue weighted by Gasteiger charge is 2.32. The van der Waals surface area contributed by atoms with Crippen LogP contribution in [-0.4, -0.2) is 46.9 Å². The van der Waals surface area contributed by atoms with Crippen LogP contribution in [0, 0.1) is 4.78 Å². The van der Waals surface area contributed by atoms with E-state index in [9.17, 15) is 22.2 Å². The summed E-state index contributed by atoms with van der Waals surface area (Å²) in [7, 11) is -2.60. The quantitative estimate of drug-likeness (QED) is 0.447. The number of halogens is 4. The summed E-state index contributed by atoms with van der Waals surface area (Å²) >= 11 is 6.17. The number of nitrogens with zero attached hydrogens (tertiary/aromatic N) is 1. The van der Waals surface area contributed by atoms with Gasteiger partial charge >= 0.3 is 6.18 Å². The van der Waals surface area contributed by atoms with Crippen LogP contribution in [0.4, 0.5) is 13.2 Å². The summed E-state index contributed by atoms with van der Waals surface area (Å²) in [6.07, 6.45) is -1.88. The van der Waals surface area contributed by atoms with E-state index in [-0.39, 0.29) is 50.4 Å². The monoisotopic (exact) mass is 528 g/mol. The fraction of sp³-hybridized carbons (Fsp3) is 0.375. The van der Waals surface area contributed by atoms with Crippen LogP contribution in [-0.2, 0) is 15.9 Å². The van der Waals surface area contributed by atoms with Crippen LogP contribution >= 0.6 is 11.6 Å². The molecule has 1 aliphatic heterocycles. The van der Waals surface area contributed by atoms with Crippen molar-refractivity contribution in [2.24, 2.45) is 0 Å². The second-order valence-corrected chi connectivity index (χ2v) is 11.5. The van der Waals surface area contributed by atoms with E-state index in [1.165, 1.54) is 18.4 Å². The van der Waals surface area contributed by atoms with E-state index in [0.29, 0.717) is 32.5 Å². The van der Waals surface area contributed by atoms with Gasteiger partial charge in [-0.25, -0.2) is 4.21 Å². The van der Waals surface area contributed by atoms with Gasteiger partial charge in [0.05, 0.1) is 21.5 Å². The molecule has 1 aliphatic rings. The van der Waals surface area contributed by atoms with Crippen LogP contribution < -0.4 is 10.2 Å². The van der Waals surface area contributed by atoms with Crippen molar-refractivity contribution in [3.63, 3.8) is 0 Å². The summed E-state index contributed by atoms with van der Waals surface area (Å²) in [4.78, 5) is 14.7. The minimum atomic E-state index is -4.57. The van der Waals surface area contributed by atoms with Crippen molar-refractivity contribution in [3.05, 3.63) is 63.3 Å². The van der Waals surface area contributed by atoms with Gasteiger partial charge in [-0.15, -0.1) is 0 Å². The van der Waals surface area contributed by atoms with Crippen molar-refractivity contribution < 1.29 is 26.5 Å². The first kappa shape index (κ1) is 25.5. The van der Waals surface area contributed by atoms with E-state index in [1.54, 1.807) is 18.2 Å². The molecule has 35 heavy (non-hydrogen) atoms. The molecule has 4 rings (SSSR count). The van der Waals surface area contributed by atoms with Gasteiger partial charge in [0, 0.05) is 33.8 Å². The number of likely N-dealkylation sites (tertiary alicyclic amines) is 1. The number of hydrogen-bond acceptors (Lipinski definition) is 6. The third-order valence-corrected chi connectivity index (χ3v) is 8.16. The first-order valence-corrected chi connectivity index (χ1v) is 13.4. The number of alkyl halides is 3. The average molecular weight is 529 g/mol. The standard InChI is InChI=1S/C24H24ClF3N2O4S/c1-35(29,32)16-7-9-30(10-8-16)11-12-33-21-13-15(24(26,27)28)5-6-18(21)22-14-20(31)17-3-2-4-19(25)23(17)34-22/h2-6,13-14,16,29H,7-12H2,1H3/t35-/m0/s1. The van der Waals surface area contributed by atoms with Crippen molar-refractivity contribution in [3.8, 4) is 17.1 Å². The lowest BCUT2D eigenvalue weighted by molar-refractivity contribution is -0.137. The Morgan fingerprint density at radius 1 is 1.20 bits per heavy atom. The van der Waals surface area contributed by atoms with E-state index < -0.39 is 21.5 Å². The van der Waals surface area contributed by atoms with E-state index in [4.69, 9.17) is 25.5 Å². The van der Waals surface area contributed by atoms with Gasteiger partial charge < -0.3 is 9.15 Å². The minimum Gasteiger partial charge on any atom is -0.491 e. The highest BCUT2D eigenvalue weighted by molar-refractivity contribution is 7.92. The summed E-state index contributed by atoms with van der Waals surface area (Å²) in [5, 5.41) is 0.322. The first-order valence-electron chi connectivity index (χ1n) is 11.0. The third-order valence-electron chi connectivity index (χ3n) is 6.12. The third kappa shape index (κ3) is 5.82. The van der Waals surface area contributed by atoms with Gasteiger partial charge in [-0.1, -0.05) is 17.7 Å². The van der Waals surface area contributed by atoms with Crippen LogP contribution in [0.2, 0.25) is 5.02 Å². The Balaban J connectivity index is 1.59. The van der Waals surface area contributed by atoms with Gasteiger partial charge in [0.25, 0.3) is 0 Å². The summed E-state index contributed by atoms with van der Waals surface area (Å²) in [5.74, 6) is -0.0136. The molecule has 1 saturated heterocycles. The molecule has 2 aromatic carbocycles. The molecule has 1 fully saturated rings. The summed E-state index contributed by atoms with van der Waals surface area (Å²) in [5.41, 5.74) is -0.909. The Morgan fingerprint density at radius 3 is 2.57 bits per heavy atom. The zero-order chi connectivity index (χ0) is 25.4. The fourth-order valence-electron chi connectivity index (χ4n) is 4.16. The number of ether oxygens (including phenoxy) is 1. The summed E-state index contributed by atoms with van der Waals surface area (Å²) in [6.45, 7) is 1.80. The Bertz CT molecular complexity index is 1400. The molecule has 0 spiro atoms. The predicted octanol–water partition coefficient (Wildman–Crippen LogP) is 5.65. The number of hydrogen-bond donors (Lipinski definition) is 1. The highest BCUT2D eigenvalue weighted by Crippen LogP contribution is 2.38. The zero-order valence-corrected chi connectivity index (χ0v) is 20.4. The van der Waals surface area contributed by atoms with Crippen molar-refractivity contribution >= 4 is 32.3 Å². The van der Waals surface area contributed by atoms with Gasteiger partial charge in [0.1, 0.15) is 18.1 Å². The molecule has 0 aliphatic carbocycles. The molecule has 3 aromatic rings. The predicted molar refractivity (Wildman–Crippen MR) is 130 cm³/mol. The van der Waals surface area contributed by atoms with E-state index in [0.717, 1.165) is 12.1 Å². The molecule has 11 heteroatoms. The Hall–Kier alpha value is -2.56. The molecule has 0 amide bonds. The molecule has 2 heterocycles. The molecule has 1 atom stereocenters. The maximum Gasteiger partial charge on any atom is 0.416 e. The molecule has 0 unspecified atom stereocenters. The molecular weight excluding hydrogens is 505 g/mol. The second kappa shape index (κ2) is 9.83. The normalized spacial score (nSPS) is 17.4. The number of para-hydroxylation sites is 1. The summed E-state index contributed by atoms with van der Waals surface area (Å²) < 4.78 is 71.4. The van der Waals surface area contributed by atoms with E-state index >= 15 is 0 Å². The molecule has 1 N–H and O–H groups in total. The lowest BCUT2D eigenvalue weighted by Crippen LogP contribution is -2.40. The number of rotatable bonds is 6. The van der Waals surface area contributed by atoms with E-state index in [1.807, 2.05) is 0 Å². The number of nitrogens with one attached hydrogen (secondary N) is 1. The lowest BCUT2D eigenvalue weighted by atomic mass is 10.1. The SMILES string of the molecule is C[S@](=N)(=O)C1CCN(CCOc2cc(C(F)(F)F)ccc2-c2cc(=O)c3cccc(Cl)c3o2)CC1. The maximum atomic E-state index is 13.4. The molecular formula is C24H24ClF3N2O4S. The Labute approximate surface area is 205 Å². The van der Waals surface area contributed by atoms with Crippen molar-refractivity contribution in [2.75, 3.05) is 32.5 Å². The average Bonchev–Trinajstić information content (AvgIpc) is 2.79. The molecule has 1 aromatic heterocycles. The number of benzene rings is 2. The van der Waals surface area contributed by atoms with Crippen LogP contribution in [0.5, 0.6) is 5.75 Å². The van der Waals surface area contributed by atoms with Crippen LogP contribution in [0.15, 0.2) is 51.7 Å². The van der Waals surface area contributed by atoms with Gasteiger partial charge in [-0.3, -0.25) is 14.5 Å². The molecule has 6 nitrogen and oxygen atoms in total. The molecule has 188 valence electrons. The van der Waals surface area contributed by atoms with Gasteiger partial charge in [0.2, 0.25) is 0 Å². The zero-order valence-electron chi connectivity index (χ0n) is 18.9. The topological polar surface area (TPSA) is 83.6 Å². The van der Waals surface area contributed by atoms with Gasteiger partial charge in [-0.2, -0.15) is 13.2 Å².